The summed E-state index contributed by atoms with van der Waals surface area (Å²) >= 11 is 1.69. The number of carbonyl (C=O) groups is 3. The van der Waals surface area contributed by atoms with Crippen LogP contribution in [0.25, 0.3) is 21.6 Å². The van der Waals surface area contributed by atoms with Crippen molar-refractivity contribution in [3.63, 3.8) is 0 Å². The van der Waals surface area contributed by atoms with Crippen LogP contribution in [0.3, 0.4) is 0 Å². The predicted octanol–water partition coefficient (Wildman–Crippen LogP) is 1.36. The van der Waals surface area contributed by atoms with Gasteiger partial charge in [-0.2, -0.15) is 0 Å². The van der Waals surface area contributed by atoms with Crippen LogP contribution in [0.1, 0.15) is 24.1 Å². The summed E-state index contributed by atoms with van der Waals surface area (Å²) in [4.78, 5) is 63.8. The summed E-state index contributed by atoms with van der Waals surface area (Å²) in [7, 11) is 1.24. The van der Waals surface area contributed by atoms with E-state index in [-0.39, 0.29) is 30.6 Å². The van der Waals surface area contributed by atoms with Crippen LogP contribution in [-0.2, 0) is 25.6 Å². The molecule has 1 unspecified atom stereocenters. The molecule has 15 heteroatoms. The number of aromatic nitrogens is 4. The lowest BCUT2D eigenvalue weighted by Gasteiger charge is -2.35. The molecule has 0 aromatic carbocycles. The van der Waals surface area contributed by atoms with Crippen LogP contribution in [0.5, 0.6) is 0 Å². The topological polar surface area (TPSA) is 160 Å². The highest BCUT2D eigenvalue weighted by Crippen LogP contribution is 2.35. The Morgan fingerprint density at radius 1 is 1.10 bits per heavy atom. The van der Waals surface area contributed by atoms with Crippen LogP contribution in [0, 0.1) is 0 Å². The van der Waals surface area contributed by atoms with E-state index in [1.165, 1.54) is 7.11 Å². The smallest absolute Gasteiger partial charge is 0.416 e. The van der Waals surface area contributed by atoms with Gasteiger partial charge >= 0.3 is 6.09 Å². The second kappa shape index (κ2) is 12.1. The molecular formula is C27H33N9O5S. The van der Waals surface area contributed by atoms with Crippen molar-refractivity contribution < 1.29 is 23.9 Å². The number of nitrogens with two attached hydrogens (primary N) is 1. The van der Waals surface area contributed by atoms with E-state index in [0.717, 1.165) is 58.5 Å². The fourth-order valence-electron chi connectivity index (χ4n) is 5.61. The molecule has 14 nitrogen and oxygen atoms in total. The zero-order valence-electron chi connectivity index (χ0n) is 23.4. The fraction of sp³-hybridized carbons (Fsp3) is 0.519. The van der Waals surface area contributed by atoms with Gasteiger partial charge in [-0.1, -0.05) is 0 Å². The number of methoxy groups -OCH3 is 1. The first-order valence-electron chi connectivity index (χ1n) is 14.0. The Hall–Kier alpha value is -3.95. The van der Waals surface area contributed by atoms with Gasteiger partial charge in [0.1, 0.15) is 0 Å². The summed E-state index contributed by atoms with van der Waals surface area (Å²) in [6.07, 6.45) is 3.44. The number of thiophene rings is 1. The predicted molar refractivity (Wildman–Crippen MR) is 155 cm³/mol. The first-order valence-corrected chi connectivity index (χ1v) is 14.8. The minimum atomic E-state index is -0.696. The Bertz CT molecular complexity index is 1470. The van der Waals surface area contributed by atoms with Crippen molar-refractivity contribution >= 4 is 51.2 Å². The van der Waals surface area contributed by atoms with Gasteiger partial charge in [-0.05, 0) is 12.5 Å². The lowest BCUT2D eigenvalue weighted by atomic mass is 10.1. The molecule has 3 aliphatic rings. The van der Waals surface area contributed by atoms with Gasteiger partial charge in [0, 0.05) is 75.9 Å². The van der Waals surface area contributed by atoms with E-state index in [4.69, 9.17) is 25.2 Å². The van der Waals surface area contributed by atoms with Crippen LogP contribution in [-0.4, -0.2) is 118 Å². The molecule has 222 valence electrons. The maximum absolute atomic E-state index is 13.0. The maximum Gasteiger partial charge on any atom is 0.416 e. The van der Waals surface area contributed by atoms with Crippen LogP contribution >= 0.6 is 11.3 Å². The molecule has 3 aliphatic heterocycles. The number of rotatable bonds is 6. The average molecular weight is 596 g/mol. The van der Waals surface area contributed by atoms with Crippen molar-refractivity contribution in [3.05, 3.63) is 23.3 Å². The quantitative estimate of drug-likeness (QED) is 0.436. The number of anilines is 2. The minimum Gasteiger partial charge on any atom is -0.452 e. The summed E-state index contributed by atoms with van der Waals surface area (Å²) < 4.78 is 11.3. The molecule has 6 rings (SSSR count). The third-order valence-corrected chi connectivity index (χ3v) is 8.96. The summed E-state index contributed by atoms with van der Waals surface area (Å²) in [5.74, 6) is 1.30. The lowest BCUT2D eigenvalue weighted by Crippen LogP contribution is -2.50. The number of hydrogen-bond acceptors (Lipinski definition) is 13. The Kier molecular flexibility index (Phi) is 8.13. The van der Waals surface area contributed by atoms with Crippen LogP contribution in [0.15, 0.2) is 18.5 Å². The number of morpholine rings is 1. The normalized spacial score (nSPS) is 20.0. The SMILES string of the molecule is COC(=O)N1C(=O)CCC1CC(=O)N1CCN(Cc2cc3nc(-c4cnc(N)nc4)nc(N4CCOCC4)c3s2)CC1. The number of nitrogens with zero attached hydrogens (tertiary/aromatic N) is 8. The molecule has 3 aromatic heterocycles. The van der Waals surface area contributed by atoms with Gasteiger partial charge < -0.3 is 25.0 Å². The Balaban J connectivity index is 1.13. The molecule has 42 heavy (non-hydrogen) atoms. The van der Waals surface area contributed by atoms with Crippen LogP contribution < -0.4 is 10.6 Å². The van der Waals surface area contributed by atoms with E-state index >= 15 is 0 Å². The molecule has 3 saturated heterocycles. The first-order chi connectivity index (χ1) is 20.4. The highest BCUT2D eigenvalue weighted by atomic mass is 32.1. The largest absolute Gasteiger partial charge is 0.452 e. The molecule has 1 atom stereocenters. The van der Waals surface area contributed by atoms with Crippen molar-refractivity contribution in [2.24, 2.45) is 0 Å². The standard InChI is InChI=1S/C27H33N9O5S/c1-40-27(39)36-18(2-3-21(36)37)12-22(38)34-6-4-33(5-7-34)16-19-13-20-23(42-19)25(35-8-10-41-11-9-35)32-24(31-20)17-14-29-26(28)30-15-17/h13-15,18H,2-12,16H2,1H3,(H2,28,29,30). The molecule has 0 radical (unpaired) electrons. The molecular weight excluding hydrogens is 562 g/mol. The van der Waals surface area contributed by atoms with E-state index < -0.39 is 12.1 Å². The molecule has 3 amide bonds. The van der Waals surface area contributed by atoms with Gasteiger partial charge in [-0.25, -0.2) is 29.6 Å². The number of imide groups is 1. The number of ether oxygens (including phenoxy) is 2. The average Bonchev–Trinajstić information content (AvgIpc) is 3.59. The van der Waals surface area contributed by atoms with Gasteiger partial charge in [0.15, 0.2) is 11.6 Å². The van der Waals surface area contributed by atoms with Gasteiger partial charge in [-0.15, -0.1) is 11.3 Å². The summed E-state index contributed by atoms with van der Waals surface area (Å²) in [6, 6.07) is 1.67. The fourth-order valence-corrected chi connectivity index (χ4v) is 6.76. The van der Waals surface area contributed by atoms with E-state index in [2.05, 4.69) is 25.8 Å². The number of likely N-dealkylation sites (tertiary alicyclic amines) is 1. The highest BCUT2D eigenvalue weighted by Gasteiger charge is 2.38. The number of piperazine rings is 1. The Morgan fingerprint density at radius 3 is 2.55 bits per heavy atom. The third kappa shape index (κ3) is 5.84. The maximum atomic E-state index is 13.0. The molecule has 6 heterocycles. The molecule has 3 aromatic rings. The monoisotopic (exact) mass is 595 g/mol. The summed E-state index contributed by atoms with van der Waals surface area (Å²) in [5, 5.41) is 0. The van der Waals surface area contributed by atoms with Crippen LogP contribution in [0.4, 0.5) is 16.6 Å². The zero-order chi connectivity index (χ0) is 29.2. The van der Waals surface area contributed by atoms with Crippen molar-refractivity contribution in [2.75, 3.05) is 70.2 Å². The van der Waals surface area contributed by atoms with Gasteiger partial charge in [0.2, 0.25) is 17.8 Å². The summed E-state index contributed by atoms with van der Waals surface area (Å²) in [5.41, 5.74) is 7.25. The molecule has 3 fully saturated rings. The zero-order valence-corrected chi connectivity index (χ0v) is 24.2. The number of amides is 3. The number of nitrogen functional groups attached to an aromatic ring is 1. The number of hydrogen-bond donors (Lipinski definition) is 1. The second-order valence-electron chi connectivity index (χ2n) is 10.5. The number of fused-ring (bicyclic) bond motifs is 1. The second-order valence-corrected chi connectivity index (χ2v) is 11.7. The molecule has 0 spiro atoms. The van der Waals surface area contributed by atoms with Gasteiger partial charge in [-0.3, -0.25) is 14.5 Å². The van der Waals surface area contributed by atoms with Gasteiger partial charge in [0.25, 0.3) is 0 Å². The van der Waals surface area contributed by atoms with E-state index in [0.29, 0.717) is 44.1 Å². The van der Waals surface area contributed by atoms with Gasteiger partial charge in [0.05, 0.1) is 42.1 Å². The van der Waals surface area contributed by atoms with Crippen molar-refractivity contribution in [1.82, 2.24) is 34.6 Å². The van der Waals surface area contributed by atoms with E-state index in [9.17, 15) is 14.4 Å². The first kappa shape index (κ1) is 28.2. The Morgan fingerprint density at radius 2 is 1.83 bits per heavy atom. The van der Waals surface area contributed by atoms with Crippen molar-refractivity contribution in [3.8, 4) is 11.4 Å². The van der Waals surface area contributed by atoms with Crippen molar-refractivity contribution in [1.29, 1.82) is 0 Å². The molecule has 0 bridgehead atoms. The molecule has 0 aliphatic carbocycles. The lowest BCUT2D eigenvalue weighted by molar-refractivity contribution is -0.134. The van der Waals surface area contributed by atoms with Crippen molar-refractivity contribution in [2.45, 2.75) is 31.8 Å². The van der Waals surface area contributed by atoms with E-state index in [1.54, 1.807) is 23.7 Å². The third-order valence-electron chi connectivity index (χ3n) is 7.86. The molecule has 2 N–H and O–H groups in total. The molecule has 0 saturated carbocycles. The summed E-state index contributed by atoms with van der Waals surface area (Å²) in [6.45, 7) is 6.14. The van der Waals surface area contributed by atoms with Crippen LogP contribution in [0.2, 0.25) is 0 Å². The highest BCUT2D eigenvalue weighted by molar-refractivity contribution is 7.19. The van der Waals surface area contributed by atoms with E-state index in [1.807, 2.05) is 4.90 Å². The number of carbonyl (C=O) groups excluding carboxylic acids is 3. The minimum absolute atomic E-state index is 0.0466. The Labute approximate surface area is 246 Å².